The second-order valence-corrected chi connectivity index (χ2v) is 7.28. The van der Waals surface area contributed by atoms with Crippen molar-refractivity contribution in [1.29, 1.82) is 0 Å². The van der Waals surface area contributed by atoms with Crippen LogP contribution in [0.15, 0.2) is 48.5 Å². The Bertz CT molecular complexity index is 774. The van der Waals surface area contributed by atoms with Crippen LogP contribution in [0.2, 0.25) is 0 Å². The van der Waals surface area contributed by atoms with Crippen molar-refractivity contribution in [2.24, 2.45) is 0 Å². The maximum atomic E-state index is 12.7. The zero-order chi connectivity index (χ0) is 17.8. The number of amides is 2. The van der Waals surface area contributed by atoms with Crippen LogP contribution >= 0.6 is 11.8 Å². The van der Waals surface area contributed by atoms with Crippen LogP contribution in [-0.4, -0.2) is 16.5 Å². The summed E-state index contributed by atoms with van der Waals surface area (Å²) in [4.78, 5) is 26.2. The molecule has 1 fully saturated rings. The molecule has 0 aliphatic carbocycles. The Balaban J connectivity index is 1.70. The summed E-state index contributed by atoms with van der Waals surface area (Å²) in [6, 6.07) is 15.5. The van der Waals surface area contributed by atoms with Gasteiger partial charge in [0.05, 0.1) is 5.69 Å². The van der Waals surface area contributed by atoms with E-state index in [9.17, 15) is 9.59 Å². The number of benzene rings is 2. The summed E-state index contributed by atoms with van der Waals surface area (Å²) >= 11 is 1.02. The summed E-state index contributed by atoms with van der Waals surface area (Å²) in [5.41, 5.74) is 3.78. The molecule has 1 atom stereocenters. The van der Waals surface area contributed by atoms with Crippen LogP contribution in [-0.2, 0) is 11.2 Å². The molecule has 130 valence electrons. The largest absolute Gasteiger partial charge is 0.365 e. The lowest BCUT2D eigenvalue weighted by Crippen LogP contribution is -2.34. The van der Waals surface area contributed by atoms with Gasteiger partial charge in [-0.1, -0.05) is 37.6 Å². The van der Waals surface area contributed by atoms with Crippen LogP contribution in [0.1, 0.15) is 30.9 Å². The lowest BCUT2D eigenvalue weighted by Gasteiger charge is -2.15. The molecule has 0 radical (unpaired) electrons. The highest BCUT2D eigenvalue weighted by Gasteiger charge is 2.40. The van der Waals surface area contributed by atoms with Gasteiger partial charge in [-0.05, 0) is 66.9 Å². The molecule has 2 aromatic rings. The SMILES string of the molecule is CCCCc1ccc(N[C@@H]2SC(=O)N(c3cccc(C)c3)C2=O)cc1. The van der Waals surface area contributed by atoms with Gasteiger partial charge in [-0.3, -0.25) is 9.59 Å². The highest BCUT2D eigenvalue weighted by molar-refractivity contribution is 8.16. The van der Waals surface area contributed by atoms with Crippen LogP contribution in [0.3, 0.4) is 0 Å². The zero-order valence-electron chi connectivity index (χ0n) is 14.5. The van der Waals surface area contributed by atoms with Crippen molar-refractivity contribution in [2.45, 2.75) is 38.5 Å². The molecule has 0 spiro atoms. The number of aryl methyl sites for hydroxylation is 2. The highest BCUT2D eigenvalue weighted by Crippen LogP contribution is 2.32. The third kappa shape index (κ3) is 4.04. The Hall–Kier alpha value is -2.27. The van der Waals surface area contributed by atoms with Gasteiger partial charge in [0.25, 0.3) is 11.1 Å². The van der Waals surface area contributed by atoms with Crippen molar-refractivity contribution in [3.8, 4) is 0 Å². The second-order valence-electron chi connectivity index (χ2n) is 6.22. The maximum Gasteiger partial charge on any atom is 0.295 e. The predicted molar refractivity (Wildman–Crippen MR) is 104 cm³/mol. The number of carbonyl (C=O) groups is 2. The van der Waals surface area contributed by atoms with Crippen LogP contribution in [0.25, 0.3) is 0 Å². The number of unbranched alkanes of at least 4 members (excludes halogenated alkanes) is 1. The first-order valence-electron chi connectivity index (χ1n) is 8.55. The van der Waals surface area contributed by atoms with E-state index < -0.39 is 5.37 Å². The van der Waals surface area contributed by atoms with Crippen LogP contribution in [0.5, 0.6) is 0 Å². The molecule has 0 aromatic heterocycles. The quantitative estimate of drug-likeness (QED) is 0.795. The molecule has 25 heavy (non-hydrogen) atoms. The Kier molecular flexibility index (Phi) is 5.43. The van der Waals surface area contributed by atoms with Crippen LogP contribution in [0, 0.1) is 6.92 Å². The van der Waals surface area contributed by atoms with E-state index in [2.05, 4.69) is 24.4 Å². The van der Waals surface area contributed by atoms with Crippen LogP contribution in [0.4, 0.5) is 16.2 Å². The molecule has 1 aliphatic rings. The molecular weight excluding hydrogens is 332 g/mol. The highest BCUT2D eigenvalue weighted by atomic mass is 32.2. The normalized spacial score (nSPS) is 17.2. The van der Waals surface area contributed by atoms with Crippen molar-refractivity contribution in [2.75, 3.05) is 10.2 Å². The van der Waals surface area contributed by atoms with Gasteiger partial charge in [0, 0.05) is 5.69 Å². The molecule has 1 N–H and O–H groups in total. The second kappa shape index (κ2) is 7.74. The van der Waals surface area contributed by atoms with Gasteiger partial charge in [0.15, 0.2) is 5.37 Å². The summed E-state index contributed by atoms with van der Waals surface area (Å²) in [6.45, 7) is 4.12. The first kappa shape index (κ1) is 17.5. The van der Waals surface area contributed by atoms with Gasteiger partial charge in [-0.25, -0.2) is 4.90 Å². The average Bonchev–Trinajstić information content (AvgIpc) is 2.88. The van der Waals surface area contributed by atoms with Gasteiger partial charge < -0.3 is 5.32 Å². The predicted octanol–water partition coefficient (Wildman–Crippen LogP) is 4.98. The lowest BCUT2D eigenvalue weighted by molar-refractivity contribution is -0.116. The summed E-state index contributed by atoms with van der Waals surface area (Å²) in [6.07, 6.45) is 3.40. The van der Waals surface area contributed by atoms with E-state index in [1.165, 1.54) is 23.3 Å². The number of nitrogens with zero attached hydrogens (tertiary/aromatic N) is 1. The molecule has 3 rings (SSSR count). The summed E-state index contributed by atoms with van der Waals surface area (Å²) in [5.74, 6) is -0.226. The van der Waals surface area contributed by atoms with Gasteiger partial charge in [0.1, 0.15) is 0 Å². The lowest BCUT2D eigenvalue weighted by atomic mass is 10.1. The molecule has 1 aliphatic heterocycles. The van der Waals surface area contributed by atoms with Gasteiger partial charge in [0.2, 0.25) is 0 Å². The van der Waals surface area contributed by atoms with Crippen molar-refractivity contribution < 1.29 is 9.59 Å². The fraction of sp³-hybridized carbons (Fsp3) is 0.300. The minimum atomic E-state index is -0.588. The minimum Gasteiger partial charge on any atom is -0.365 e. The average molecular weight is 354 g/mol. The number of hydrogen-bond donors (Lipinski definition) is 1. The zero-order valence-corrected chi connectivity index (χ0v) is 15.3. The van der Waals surface area contributed by atoms with E-state index >= 15 is 0 Å². The number of nitrogens with one attached hydrogen (secondary N) is 1. The minimum absolute atomic E-state index is 0.226. The van der Waals surface area contributed by atoms with E-state index in [1.807, 2.05) is 37.3 Å². The van der Waals surface area contributed by atoms with Crippen molar-refractivity contribution >= 4 is 34.3 Å². The Morgan fingerprint density at radius 1 is 1.12 bits per heavy atom. The van der Waals surface area contributed by atoms with Gasteiger partial charge in [-0.15, -0.1) is 0 Å². The molecule has 0 saturated carbocycles. The Labute approximate surface area is 152 Å². The number of hydrogen-bond acceptors (Lipinski definition) is 4. The Morgan fingerprint density at radius 2 is 1.88 bits per heavy atom. The standard InChI is InChI=1S/C20H22N2O2S/c1-3-4-7-15-9-11-16(12-10-15)21-18-19(23)22(20(24)25-18)17-8-5-6-14(2)13-17/h5-6,8-13,18,21H,3-4,7H2,1-2H3/t18-/m1/s1. The molecule has 0 bridgehead atoms. The molecule has 1 heterocycles. The van der Waals surface area contributed by atoms with E-state index in [-0.39, 0.29) is 11.1 Å². The third-order valence-electron chi connectivity index (χ3n) is 4.18. The fourth-order valence-corrected chi connectivity index (χ4v) is 3.71. The molecule has 0 unspecified atom stereocenters. The van der Waals surface area contributed by atoms with Crippen molar-refractivity contribution in [3.05, 3.63) is 59.7 Å². The van der Waals surface area contributed by atoms with E-state index in [0.29, 0.717) is 5.69 Å². The van der Waals surface area contributed by atoms with Crippen molar-refractivity contribution in [1.82, 2.24) is 0 Å². The Morgan fingerprint density at radius 3 is 2.56 bits per heavy atom. The third-order valence-corrected chi connectivity index (χ3v) is 5.12. The van der Waals surface area contributed by atoms with Crippen molar-refractivity contribution in [3.63, 3.8) is 0 Å². The number of thioether (sulfide) groups is 1. The fourth-order valence-electron chi connectivity index (χ4n) is 2.80. The number of carbonyl (C=O) groups excluding carboxylic acids is 2. The first-order valence-corrected chi connectivity index (χ1v) is 9.43. The van der Waals surface area contributed by atoms with Gasteiger partial charge in [-0.2, -0.15) is 0 Å². The van der Waals surface area contributed by atoms with E-state index in [1.54, 1.807) is 6.07 Å². The van der Waals surface area contributed by atoms with E-state index in [4.69, 9.17) is 0 Å². The molecule has 2 amide bonds. The van der Waals surface area contributed by atoms with Gasteiger partial charge >= 0.3 is 0 Å². The summed E-state index contributed by atoms with van der Waals surface area (Å²) in [7, 11) is 0. The monoisotopic (exact) mass is 354 g/mol. The number of rotatable bonds is 6. The smallest absolute Gasteiger partial charge is 0.295 e. The molecular formula is C20H22N2O2S. The summed E-state index contributed by atoms with van der Waals surface area (Å²) < 4.78 is 0. The summed E-state index contributed by atoms with van der Waals surface area (Å²) in [5, 5.41) is 2.34. The maximum absolute atomic E-state index is 12.7. The van der Waals surface area contributed by atoms with E-state index in [0.717, 1.165) is 29.4 Å². The topological polar surface area (TPSA) is 49.4 Å². The molecule has 2 aromatic carbocycles. The number of imide groups is 1. The molecule has 5 heteroatoms. The number of anilines is 2. The molecule has 1 saturated heterocycles. The first-order chi connectivity index (χ1) is 12.1. The van der Waals surface area contributed by atoms with Crippen LogP contribution < -0.4 is 10.2 Å². The molecule has 4 nitrogen and oxygen atoms in total.